The van der Waals surface area contributed by atoms with Crippen LogP contribution in [0.25, 0.3) is 5.70 Å². The highest BCUT2D eigenvalue weighted by atomic mass is 19.1. The number of methoxy groups -OCH3 is 3. The van der Waals surface area contributed by atoms with Crippen LogP contribution in [0.3, 0.4) is 0 Å². The summed E-state index contributed by atoms with van der Waals surface area (Å²) in [6.07, 6.45) is 3.47. The molecule has 0 spiro atoms. The monoisotopic (exact) mass is 382 g/mol. The highest BCUT2D eigenvalue weighted by Gasteiger charge is 2.24. The van der Waals surface area contributed by atoms with Crippen LogP contribution in [0.1, 0.15) is 17.2 Å². The van der Waals surface area contributed by atoms with Crippen molar-refractivity contribution >= 4 is 11.6 Å². The van der Waals surface area contributed by atoms with Gasteiger partial charge in [0.15, 0.2) is 11.5 Å². The summed E-state index contributed by atoms with van der Waals surface area (Å²) in [4.78, 5) is 4.28. The quantitative estimate of drug-likeness (QED) is 0.728. The molecule has 1 aromatic heterocycles. The molecule has 1 aliphatic heterocycles. The number of halogens is 1. The fraction of sp³-hybridized carbons (Fsp3) is 0.200. The lowest BCUT2D eigenvalue weighted by Crippen LogP contribution is -2.20. The van der Waals surface area contributed by atoms with Gasteiger partial charge in [-0.1, -0.05) is 12.1 Å². The Morgan fingerprint density at radius 2 is 1.68 bits per heavy atom. The molecule has 2 heterocycles. The number of aromatic nitrogens is 3. The van der Waals surface area contributed by atoms with Crippen molar-refractivity contribution in [1.29, 1.82) is 0 Å². The summed E-state index contributed by atoms with van der Waals surface area (Å²) in [6, 6.07) is 9.85. The summed E-state index contributed by atoms with van der Waals surface area (Å²) in [5.74, 6) is 1.89. The number of anilines is 1. The van der Waals surface area contributed by atoms with Crippen LogP contribution in [-0.2, 0) is 0 Å². The van der Waals surface area contributed by atoms with Gasteiger partial charge in [-0.3, -0.25) is 0 Å². The Balaban J connectivity index is 1.85. The van der Waals surface area contributed by atoms with Crippen molar-refractivity contribution in [3.63, 3.8) is 0 Å². The molecule has 2 aromatic carbocycles. The minimum absolute atomic E-state index is 0.202. The summed E-state index contributed by atoms with van der Waals surface area (Å²) >= 11 is 0. The summed E-state index contributed by atoms with van der Waals surface area (Å²) in [6.45, 7) is 0. The van der Waals surface area contributed by atoms with E-state index in [0.717, 1.165) is 16.8 Å². The van der Waals surface area contributed by atoms with Crippen molar-refractivity contribution in [2.45, 2.75) is 6.04 Å². The minimum Gasteiger partial charge on any atom is -0.493 e. The third-order valence-electron chi connectivity index (χ3n) is 4.57. The molecular formula is C20H19FN4O3. The van der Waals surface area contributed by atoms with Crippen LogP contribution in [0.5, 0.6) is 17.2 Å². The number of hydrogen-bond acceptors (Lipinski definition) is 6. The third-order valence-corrected chi connectivity index (χ3v) is 4.57. The predicted molar refractivity (Wildman–Crippen MR) is 102 cm³/mol. The molecule has 0 saturated heterocycles. The molecule has 0 bridgehead atoms. The topological polar surface area (TPSA) is 70.4 Å². The standard InChI is InChI=1S/C20H19FN4O3/c1-26-17-8-13(9-18(27-2)19(17)28-3)16-10-15(12-4-6-14(21)7-5-12)24-20-22-11-23-25(16)20/h4-11,15H,1-3H3,(H,22,23,24). The molecule has 8 heteroatoms. The van der Waals surface area contributed by atoms with E-state index in [1.54, 1.807) is 38.1 Å². The van der Waals surface area contributed by atoms with E-state index in [-0.39, 0.29) is 11.9 Å². The van der Waals surface area contributed by atoms with Gasteiger partial charge in [-0.15, -0.1) is 0 Å². The average molecular weight is 382 g/mol. The van der Waals surface area contributed by atoms with Crippen LogP contribution in [0.2, 0.25) is 0 Å². The highest BCUT2D eigenvalue weighted by molar-refractivity contribution is 5.75. The Labute approximate surface area is 161 Å². The second kappa shape index (κ2) is 7.22. The minimum atomic E-state index is -0.281. The molecule has 4 rings (SSSR count). The molecule has 144 valence electrons. The van der Waals surface area contributed by atoms with Gasteiger partial charge in [0, 0.05) is 5.56 Å². The lowest BCUT2D eigenvalue weighted by molar-refractivity contribution is 0.324. The first kappa shape index (κ1) is 17.8. The lowest BCUT2D eigenvalue weighted by Gasteiger charge is -2.25. The molecule has 0 aliphatic carbocycles. The summed E-state index contributed by atoms with van der Waals surface area (Å²) < 4.78 is 31.4. The van der Waals surface area contributed by atoms with Crippen LogP contribution >= 0.6 is 0 Å². The van der Waals surface area contributed by atoms with Crippen molar-refractivity contribution in [3.8, 4) is 17.2 Å². The predicted octanol–water partition coefficient (Wildman–Crippen LogP) is 3.50. The van der Waals surface area contributed by atoms with E-state index in [9.17, 15) is 4.39 Å². The van der Waals surface area contributed by atoms with Crippen LogP contribution < -0.4 is 19.5 Å². The Kier molecular flexibility index (Phi) is 4.60. The number of ether oxygens (including phenoxy) is 3. The molecule has 1 N–H and O–H groups in total. The molecule has 0 radical (unpaired) electrons. The van der Waals surface area contributed by atoms with E-state index in [4.69, 9.17) is 14.2 Å². The molecule has 7 nitrogen and oxygen atoms in total. The molecule has 0 fully saturated rings. The average Bonchev–Trinajstić information content (AvgIpc) is 3.21. The highest BCUT2D eigenvalue weighted by Crippen LogP contribution is 2.41. The SMILES string of the molecule is COc1cc(C2=CC(c3ccc(F)cc3)Nc3ncnn32)cc(OC)c1OC. The van der Waals surface area contributed by atoms with Crippen LogP contribution in [-0.4, -0.2) is 36.1 Å². The van der Waals surface area contributed by atoms with Gasteiger partial charge in [-0.25, -0.2) is 4.39 Å². The number of rotatable bonds is 5. The zero-order chi connectivity index (χ0) is 19.7. The van der Waals surface area contributed by atoms with Crippen molar-refractivity contribution in [3.05, 3.63) is 65.7 Å². The molecule has 1 atom stereocenters. The maximum atomic E-state index is 13.3. The molecule has 1 aliphatic rings. The van der Waals surface area contributed by atoms with Gasteiger partial charge in [0.1, 0.15) is 12.1 Å². The van der Waals surface area contributed by atoms with E-state index in [1.807, 2.05) is 18.2 Å². The number of benzene rings is 2. The smallest absolute Gasteiger partial charge is 0.226 e. The first-order valence-electron chi connectivity index (χ1n) is 8.59. The Morgan fingerprint density at radius 1 is 1.00 bits per heavy atom. The van der Waals surface area contributed by atoms with E-state index in [1.165, 1.54) is 18.5 Å². The van der Waals surface area contributed by atoms with Crippen molar-refractivity contribution < 1.29 is 18.6 Å². The van der Waals surface area contributed by atoms with Crippen LogP contribution in [0.4, 0.5) is 10.3 Å². The van der Waals surface area contributed by atoms with Gasteiger partial charge in [-0.05, 0) is 35.9 Å². The number of nitrogens with one attached hydrogen (secondary N) is 1. The first-order chi connectivity index (χ1) is 13.6. The Morgan fingerprint density at radius 3 is 2.29 bits per heavy atom. The molecular weight excluding hydrogens is 363 g/mol. The van der Waals surface area contributed by atoms with Crippen molar-refractivity contribution in [2.24, 2.45) is 0 Å². The normalized spacial score (nSPS) is 15.3. The van der Waals surface area contributed by atoms with E-state index in [0.29, 0.717) is 23.2 Å². The van der Waals surface area contributed by atoms with Crippen molar-refractivity contribution in [1.82, 2.24) is 14.8 Å². The summed E-state index contributed by atoms with van der Waals surface area (Å²) in [7, 11) is 4.70. The number of hydrogen-bond donors (Lipinski definition) is 1. The zero-order valence-corrected chi connectivity index (χ0v) is 15.6. The van der Waals surface area contributed by atoms with Gasteiger partial charge in [0.05, 0.1) is 33.1 Å². The maximum Gasteiger partial charge on any atom is 0.226 e. The largest absolute Gasteiger partial charge is 0.493 e. The van der Waals surface area contributed by atoms with Crippen molar-refractivity contribution in [2.75, 3.05) is 26.6 Å². The maximum absolute atomic E-state index is 13.3. The second-order valence-electron chi connectivity index (χ2n) is 6.13. The first-order valence-corrected chi connectivity index (χ1v) is 8.59. The molecule has 0 saturated carbocycles. The van der Waals surface area contributed by atoms with Gasteiger partial charge in [0.25, 0.3) is 0 Å². The Bertz CT molecular complexity index is 1010. The van der Waals surface area contributed by atoms with Crippen LogP contribution in [0.15, 0.2) is 48.8 Å². The van der Waals surface area contributed by atoms with E-state index in [2.05, 4.69) is 15.4 Å². The Hall–Kier alpha value is -3.55. The molecule has 1 unspecified atom stereocenters. The van der Waals surface area contributed by atoms with Crippen LogP contribution in [0, 0.1) is 5.82 Å². The fourth-order valence-electron chi connectivity index (χ4n) is 3.22. The number of nitrogens with zero attached hydrogens (tertiary/aromatic N) is 3. The summed E-state index contributed by atoms with van der Waals surface area (Å²) in [5.41, 5.74) is 2.51. The fourth-order valence-corrected chi connectivity index (χ4v) is 3.22. The van der Waals surface area contributed by atoms with E-state index >= 15 is 0 Å². The zero-order valence-electron chi connectivity index (χ0n) is 15.6. The molecule has 3 aromatic rings. The molecule has 28 heavy (non-hydrogen) atoms. The molecule has 0 amide bonds. The third kappa shape index (κ3) is 3.02. The lowest BCUT2D eigenvalue weighted by atomic mass is 10.0. The van der Waals surface area contributed by atoms with Gasteiger partial charge < -0.3 is 19.5 Å². The van der Waals surface area contributed by atoms with Gasteiger partial charge >= 0.3 is 0 Å². The second-order valence-corrected chi connectivity index (χ2v) is 6.13. The number of fused-ring (bicyclic) bond motifs is 1. The van der Waals surface area contributed by atoms with Gasteiger partial charge in [-0.2, -0.15) is 14.8 Å². The van der Waals surface area contributed by atoms with E-state index < -0.39 is 0 Å². The van der Waals surface area contributed by atoms with Gasteiger partial charge in [0.2, 0.25) is 11.7 Å². The summed E-state index contributed by atoms with van der Waals surface area (Å²) in [5, 5.41) is 7.61.